The molecule has 1 amide bonds. The normalized spacial score (nSPS) is 19.2. The number of thiazole rings is 1. The van der Waals surface area contributed by atoms with Gasteiger partial charge in [-0.05, 0) is 24.6 Å². The van der Waals surface area contributed by atoms with E-state index in [0.717, 1.165) is 24.7 Å². The van der Waals surface area contributed by atoms with Gasteiger partial charge in [-0.2, -0.15) is 0 Å². The molecule has 2 atom stereocenters. The molecule has 2 bridgehead atoms. The zero-order valence-corrected chi connectivity index (χ0v) is 18.5. The molecule has 2 aliphatic rings. The Labute approximate surface area is 191 Å². The maximum Gasteiger partial charge on any atom is 0.342 e. The molecule has 1 aromatic heterocycles. The Morgan fingerprint density at radius 3 is 2.61 bits per heavy atom. The molecule has 0 aliphatic carbocycles. The Balaban J connectivity index is 1.56. The van der Waals surface area contributed by atoms with Gasteiger partial charge < -0.3 is 24.4 Å². The van der Waals surface area contributed by atoms with Crippen molar-refractivity contribution in [3.05, 3.63) is 47.0 Å². The van der Waals surface area contributed by atoms with Gasteiger partial charge in [0.2, 0.25) is 0 Å². The highest BCUT2D eigenvalue weighted by Crippen LogP contribution is 2.42. The van der Waals surface area contributed by atoms with Crippen molar-refractivity contribution in [2.45, 2.75) is 18.5 Å². The van der Waals surface area contributed by atoms with Gasteiger partial charge in [0.1, 0.15) is 28.5 Å². The SMILES string of the molecule is COC(=O)c1c(F)cc(F)cc1NC(=O)c1c(OC)ccc2nc(N3C4COCC3C4)sc12. The second-order valence-corrected chi connectivity index (χ2v) is 8.71. The van der Waals surface area contributed by atoms with E-state index in [2.05, 4.69) is 19.9 Å². The van der Waals surface area contributed by atoms with Crippen molar-refractivity contribution in [2.24, 2.45) is 0 Å². The molecule has 0 saturated carbocycles. The Morgan fingerprint density at radius 1 is 1.18 bits per heavy atom. The molecule has 2 unspecified atom stereocenters. The quantitative estimate of drug-likeness (QED) is 0.564. The number of esters is 1. The van der Waals surface area contributed by atoms with Crippen LogP contribution in [-0.4, -0.2) is 56.4 Å². The van der Waals surface area contributed by atoms with Crippen LogP contribution in [0.1, 0.15) is 27.1 Å². The first-order valence-electron chi connectivity index (χ1n) is 10.1. The third-order valence-corrected chi connectivity index (χ3v) is 6.92. The molecule has 2 fully saturated rings. The summed E-state index contributed by atoms with van der Waals surface area (Å²) in [6, 6.07) is 5.26. The third-order valence-electron chi connectivity index (χ3n) is 5.82. The fraction of sp³-hybridized carbons (Fsp3) is 0.318. The molecule has 0 radical (unpaired) electrons. The van der Waals surface area contributed by atoms with E-state index < -0.39 is 29.1 Å². The third kappa shape index (κ3) is 3.57. The lowest BCUT2D eigenvalue weighted by Crippen LogP contribution is -2.64. The van der Waals surface area contributed by atoms with Crippen LogP contribution in [0.15, 0.2) is 24.3 Å². The number of nitrogens with one attached hydrogen (secondary N) is 1. The minimum atomic E-state index is -1.14. The number of nitrogens with zero attached hydrogens (tertiary/aromatic N) is 2. The number of amides is 1. The molecule has 2 saturated heterocycles. The number of fused-ring (bicyclic) bond motifs is 3. The van der Waals surface area contributed by atoms with Crippen LogP contribution in [0.3, 0.4) is 0 Å². The van der Waals surface area contributed by atoms with Gasteiger partial charge in [0.15, 0.2) is 5.13 Å². The van der Waals surface area contributed by atoms with Crippen LogP contribution < -0.4 is 15.0 Å². The maximum absolute atomic E-state index is 14.3. The Morgan fingerprint density at radius 2 is 1.94 bits per heavy atom. The maximum atomic E-state index is 14.3. The van der Waals surface area contributed by atoms with E-state index in [9.17, 15) is 18.4 Å². The minimum Gasteiger partial charge on any atom is -0.496 e. The molecule has 1 N–H and O–H groups in total. The highest BCUT2D eigenvalue weighted by molar-refractivity contribution is 7.22. The highest BCUT2D eigenvalue weighted by Gasteiger charge is 2.44. The number of benzene rings is 2. The summed E-state index contributed by atoms with van der Waals surface area (Å²) in [5, 5.41) is 3.21. The monoisotopic (exact) mass is 475 g/mol. The number of hydrogen-bond acceptors (Lipinski definition) is 8. The molecule has 11 heteroatoms. The van der Waals surface area contributed by atoms with Crippen LogP contribution in [0, 0.1) is 11.6 Å². The van der Waals surface area contributed by atoms with E-state index in [0.29, 0.717) is 29.5 Å². The number of aromatic nitrogens is 1. The fourth-order valence-corrected chi connectivity index (χ4v) is 5.52. The second-order valence-electron chi connectivity index (χ2n) is 7.73. The number of hydrogen-bond donors (Lipinski definition) is 1. The first kappa shape index (κ1) is 21.5. The van der Waals surface area contributed by atoms with Crippen molar-refractivity contribution >= 4 is 44.2 Å². The molecule has 3 heterocycles. The van der Waals surface area contributed by atoms with E-state index >= 15 is 0 Å². The molecule has 0 spiro atoms. The van der Waals surface area contributed by atoms with E-state index in [1.807, 2.05) is 0 Å². The standard InChI is InChI=1S/C22H19F2N3O5S/c1-30-16-4-3-14-19(33-22(26-14)27-11-7-12(27)9-32-8-11)18(16)20(28)25-15-6-10(23)5-13(24)17(15)21(29)31-2/h3-6,11-12H,7-9H2,1-2H3,(H,25,28). The average molecular weight is 475 g/mol. The summed E-state index contributed by atoms with van der Waals surface area (Å²) >= 11 is 1.33. The lowest BCUT2D eigenvalue weighted by atomic mass is 9.92. The van der Waals surface area contributed by atoms with Crippen molar-refractivity contribution in [2.75, 3.05) is 37.7 Å². The molecule has 172 valence electrons. The highest BCUT2D eigenvalue weighted by atomic mass is 32.1. The molecule has 2 aromatic carbocycles. The van der Waals surface area contributed by atoms with Gasteiger partial charge in [0.05, 0.1) is 55.4 Å². The van der Waals surface area contributed by atoms with Crippen LogP contribution in [0.4, 0.5) is 19.6 Å². The van der Waals surface area contributed by atoms with Gasteiger partial charge in [-0.25, -0.2) is 18.6 Å². The number of rotatable bonds is 5. The molecule has 5 rings (SSSR count). The zero-order chi connectivity index (χ0) is 23.3. The summed E-state index contributed by atoms with van der Waals surface area (Å²) in [6.45, 7) is 1.26. The van der Waals surface area contributed by atoms with Crippen molar-refractivity contribution in [3.63, 3.8) is 0 Å². The summed E-state index contributed by atoms with van der Waals surface area (Å²) in [5.74, 6) is -3.57. The molecular formula is C22H19F2N3O5S. The summed E-state index contributed by atoms with van der Waals surface area (Å²) < 4.78 is 44.3. The zero-order valence-electron chi connectivity index (χ0n) is 17.7. The van der Waals surface area contributed by atoms with Gasteiger partial charge in [-0.1, -0.05) is 11.3 Å². The van der Waals surface area contributed by atoms with E-state index in [-0.39, 0.29) is 29.1 Å². The number of carbonyl (C=O) groups excluding carboxylic acids is 2. The molecule has 8 nitrogen and oxygen atoms in total. The lowest BCUT2D eigenvalue weighted by Gasteiger charge is -2.52. The van der Waals surface area contributed by atoms with Gasteiger partial charge in [-0.3, -0.25) is 4.79 Å². The number of halogens is 2. The number of morpholine rings is 1. The minimum absolute atomic E-state index is 0.154. The molecule has 33 heavy (non-hydrogen) atoms. The summed E-state index contributed by atoms with van der Waals surface area (Å²) in [5.41, 5.74) is -0.175. The molecule has 3 aromatic rings. The van der Waals surface area contributed by atoms with Crippen LogP contribution >= 0.6 is 11.3 Å². The van der Waals surface area contributed by atoms with E-state index in [4.69, 9.17) is 9.47 Å². The van der Waals surface area contributed by atoms with E-state index in [1.165, 1.54) is 18.4 Å². The average Bonchev–Trinajstić information content (AvgIpc) is 3.20. The fourth-order valence-electron chi connectivity index (χ4n) is 4.27. The number of anilines is 2. The Kier molecular flexibility index (Phi) is 5.37. The van der Waals surface area contributed by atoms with Crippen LogP contribution in [0.5, 0.6) is 5.75 Å². The first-order chi connectivity index (χ1) is 15.9. The van der Waals surface area contributed by atoms with Crippen molar-refractivity contribution in [3.8, 4) is 5.75 Å². The van der Waals surface area contributed by atoms with Crippen molar-refractivity contribution in [1.82, 2.24) is 4.98 Å². The van der Waals surface area contributed by atoms with Crippen LogP contribution in [-0.2, 0) is 9.47 Å². The molecule has 2 aliphatic heterocycles. The summed E-state index contributed by atoms with van der Waals surface area (Å²) in [6.07, 6.45) is 1.04. The first-order valence-corrected chi connectivity index (χ1v) is 10.9. The largest absolute Gasteiger partial charge is 0.496 e. The Bertz CT molecular complexity index is 1270. The predicted octanol–water partition coefficient (Wildman–Crippen LogP) is 3.60. The topological polar surface area (TPSA) is 90.0 Å². The van der Waals surface area contributed by atoms with Gasteiger partial charge in [0, 0.05) is 6.07 Å². The van der Waals surface area contributed by atoms with Crippen molar-refractivity contribution in [1.29, 1.82) is 0 Å². The second kappa shape index (κ2) is 8.23. The van der Waals surface area contributed by atoms with Gasteiger partial charge >= 0.3 is 5.97 Å². The number of ether oxygens (including phenoxy) is 3. The summed E-state index contributed by atoms with van der Waals surface area (Å²) in [7, 11) is 2.48. The van der Waals surface area contributed by atoms with Crippen LogP contribution in [0.25, 0.3) is 10.2 Å². The lowest BCUT2D eigenvalue weighted by molar-refractivity contribution is 0.0103. The number of methoxy groups -OCH3 is 2. The van der Waals surface area contributed by atoms with Gasteiger partial charge in [-0.15, -0.1) is 0 Å². The smallest absolute Gasteiger partial charge is 0.342 e. The summed E-state index contributed by atoms with van der Waals surface area (Å²) in [4.78, 5) is 32.2. The molecular weight excluding hydrogens is 456 g/mol. The van der Waals surface area contributed by atoms with Gasteiger partial charge in [0.25, 0.3) is 5.91 Å². The van der Waals surface area contributed by atoms with E-state index in [1.54, 1.807) is 12.1 Å². The predicted molar refractivity (Wildman–Crippen MR) is 117 cm³/mol. The van der Waals surface area contributed by atoms with Crippen LogP contribution in [0.2, 0.25) is 0 Å². The number of carbonyl (C=O) groups is 2. The van der Waals surface area contributed by atoms with Crippen molar-refractivity contribution < 1.29 is 32.6 Å². The Hall–Kier alpha value is -3.31.